The van der Waals surface area contributed by atoms with Gasteiger partial charge in [-0.25, -0.2) is 14.6 Å². The predicted molar refractivity (Wildman–Crippen MR) is 127 cm³/mol. The van der Waals surface area contributed by atoms with Crippen molar-refractivity contribution in [1.82, 2.24) is 24.8 Å². The Kier molecular flexibility index (Phi) is 5.52. The van der Waals surface area contributed by atoms with Crippen LogP contribution in [0, 0.1) is 11.3 Å². The van der Waals surface area contributed by atoms with E-state index in [0.29, 0.717) is 52.0 Å². The molecular weight excluding hydrogens is 448 g/mol. The van der Waals surface area contributed by atoms with Gasteiger partial charge in [0.2, 0.25) is 5.88 Å². The normalized spacial score (nSPS) is 10.7. The molecule has 11 heteroatoms. The van der Waals surface area contributed by atoms with E-state index < -0.39 is 0 Å². The second kappa shape index (κ2) is 8.95. The lowest BCUT2D eigenvalue weighted by molar-refractivity contribution is 0.102. The van der Waals surface area contributed by atoms with Crippen molar-refractivity contribution in [2.45, 2.75) is 13.5 Å². The van der Waals surface area contributed by atoms with Crippen LogP contribution in [-0.2, 0) is 6.54 Å². The molecule has 0 atom stereocenters. The Morgan fingerprint density at radius 1 is 1.20 bits per heavy atom. The number of carbonyl (C=O) groups is 1. The molecule has 11 nitrogen and oxygen atoms in total. The second-order valence-corrected chi connectivity index (χ2v) is 7.46. The Balaban J connectivity index is 1.38. The molecule has 1 amide bonds. The fourth-order valence-corrected chi connectivity index (χ4v) is 3.57. The van der Waals surface area contributed by atoms with Gasteiger partial charge in [0.1, 0.15) is 11.3 Å². The predicted octanol–water partition coefficient (Wildman–Crippen LogP) is 4.00. The smallest absolute Gasteiger partial charge is 0.255 e. The van der Waals surface area contributed by atoms with Crippen molar-refractivity contribution >= 4 is 28.4 Å². The van der Waals surface area contributed by atoms with E-state index in [2.05, 4.69) is 25.6 Å². The third kappa shape index (κ3) is 4.23. The van der Waals surface area contributed by atoms with E-state index in [1.807, 2.05) is 17.6 Å². The van der Waals surface area contributed by atoms with Crippen molar-refractivity contribution in [3.63, 3.8) is 0 Å². The molecule has 3 aromatic heterocycles. The maximum absolute atomic E-state index is 12.5. The fraction of sp³-hybridized carbons (Fsp3) is 0.0833. The summed E-state index contributed by atoms with van der Waals surface area (Å²) in [5.41, 5.74) is 9.09. The highest BCUT2D eigenvalue weighted by atomic mass is 16.6. The number of benzene rings is 2. The first-order valence-electron chi connectivity index (χ1n) is 10.6. The molecule has 0 aliphatic carbocycles. The van der Waals surface area contributed by atoms with Crippen LogP contribution in [0.1, 0.15) is 22.8 Å². The van der Waals surface area contributed by atoms with Gasteiger partial charge in [-0.3, -0.25) is 4.79 Å². The minimum absolute atomic E-state index is 0.152. The number of nitrogen functional groups attached to an aromatic ring is 1. The molecule has 0 fully saturated rings. The number of aryl methyl sites for hydroxylation is 1. The van der Waals surface area contributed by atoms with E-state index in [1.54, 1.807) is 60.8 Å². The molecule has 0 unspecified atom stereocenters. The number of hydrogen-bond acceptors (Lipinski definition) is 9. The van der Waals surface area contributed by atoms with Gasteiger partial charge in [0, 0.05) is 29.9 Å². The van der Waals surface area contributed by atoms with E-state index in [-0.39, 0.29) is 11.7 Å². The summed E-state index contributed by atoms with van der Waals surface area (Å²) in [7, 11) is 0. The summed E-state index contributed by atoms with van der Waals surface area (Å²) >= 11 is 0. The number of imidazole rings is 1. The van der Waals surface area contributed by atoms with E-state index >= 15 is 0 Å². The summed E-state index contributed by atoms with van der Waals surface area (Å²) in [4.78, 5) is 21.4. The summed E-state index contributed by atoms with van der Waals surface area (Å²) in [6.07, 6.45) is 1.60. The minimum Gasteiger partial charge on any atom is -0.439 e. The van der Waals surface area contributed by atoms with Gasteiger partial charge in [0.25, 0.3) is 5.91 Å². The number of nitrogens with one attached hydrogen (secondary N) is 1. The number of nitriles is 1. The standard InChI is InChI=1S/C24H18N8O3/c1-2-32-19-11-20(27-13-18(19)29-23(32)21-22(26)31-35-30-21)34-17-5-3-4-16(10-17)28-24(33)15-8-6-14(12-25)7-9-15/h3-11,13H,2H2,1H3,(H2,26,31)(H,28,33). The number of fused-ring (bicyclic) bond motifs is 1. The second-order valence-electron chi connectivity index (χ2n) is 7.46. The van der Waals surface area contributed by atoms with Crippen LogP contribution in [0.5, 0.6) is 11.6 Å². The van der Waals surface area contributed by atoms with E-state index in [9.17, 15) is 4.79 Å². The van der Waals surface area contributed by atoms with E-state index in [0.717, 1.165) is 5.52 Å². The minimum atomic E-state index is -0.299. The van der Waals surface area contributed by atoms with Crippen LogP contribution in [0.4, 0.5) is 11.5 Å². The SMILES string of the molecule is CCn1c(-c2nonc2N)nc2cnc(Oc3cccc(NC(=O)c4ccc(C#N)cc4)c3)cc21. The first-order valence-corrected chi connectivity index (χ1v) is 10.6. The van der Waals surface area contributed by atoms with Crippen LogP contribution in [0.15, 0.2) is 65.4 Å². The van der Waals surface area contributed by atoms with Crippen molar-refractivity contribution in [1.29, 1.82) is 5.26 Å². The van der Waals surface area contributed by atoms with Crippen LogP contribution in [0.25, 0.3) is 22.6 Å². The Morgan fingerprint density at radius 2 is 2.03 bits per heavy atom. The van der Waals surface area contributed by atoms with Gasteiger partial charge >= 0.3 is 0 Å². The monoisotopic (exact) mass is 466 g/mol. The van der Waals surface area contributed by atoms with Gasteiger partial charge in [-0.05, 0) is 53.6 Å². The van der Waals surface area contributed by atoms with Crippen molar-refractivity contribution in [3.05, 3.63) is 71.9 Å². The molecule has 0 bridgehead atoms. The zero-order valence-corrected chi connectivity index (χ0v) is 18.5. The van der Waals surface area contributed by atoms with Crippen molar-refractivity contribution in [2.75, 3.05) is 11.1 Å². The first kappa shape index (κ1) is 21.6. The number of amides is 1. The fourth-order valence-electron chi connectivity index (χ4n) is 3.57. The number of pyridine rings is 1. The van der Waals surface area contributed by atoms with Gasteiger partial charge in [-0.1, -0.05) is 6.07 Å². The van der Waals surface area contributed by atoms with E-state index in [1.165, 1.54) is 0 Å². The number of hydrogen-bond donors (Lipinski definition) is 2. The molecule has 0 saturated carbocycles. The van der Waals surface area contributed by atoms with Gasteiger partial charge < -0.3 is 20.4 Å². The molecule has 5 aromatic rings. The van der Waals surface area contributed by atoms with Crippen molar-refractivity contribution in [3.8, 4) is 29.2 Å². The van der Waals surface area contributed by atoms with Crippen LogP contribution in [0.3, 0.4) is 0 Å². The molecule has 3 N–H and O–H groups in total. The zero-order valence-electron chi connectivity index (χ0n) is 18.5. The van der Waals surface area contributed by atoms with Crippen LogP contribution >= 0.6 is 0 Å². The Morgan fingerprint density at radius 3 is 2.74 bits per heavy atom. The molecule has 0 aliphatic heterocycles. The Bertz CT molecular complexity index is 1580. The van der Waals surface area contributed by atoms with Gasteiger partial charge in [-0.15, -0.1) is 0 Å². The van der Waals surface area contributed by atoms with Crippen LogP contribution in [0.2, 0.25) is 0 Å². The summed E-state index contributed by atoms with van der Waals surface area (Å²) < 4.78 is 12.6. The first-order chi connectivity index (χ1) is 17.1. The third-order valence-electron chi connectivity index (χ3n) is 5.24. The summed E-state index contributed by atoms with van der Waals surface area (Å²) in [5, 5.41) is 19.2. The molecule has 0 radical (unpaired) electrons. The summed E-state index contributed by atoms with van der Waals surface area (Å²) in [5.74, 6) is 1.21. The molecular formula is C24H18N8O3. The number of nitrogens with two attached hydrogens (primary N) is 1. The third-order valence-corrected chi connectivity index (χ3v) is 5.24. The quantitative estimate of drug-likeness (QED) is 0.377. The van der Waals surface area contributed by atoms with Gasteiger partial charge in [-0.2, -0.15) is 5.26 Å². The van der Waals surface area contributed by atoms with Crippen LogP contribution in [-0.4, -0.2) is 30.8 Å². The number of rotatable bonds is 6. The lowest BCUT2D eigenvalue weighted by Gasteiger charge is -2.09. The lowest BCUT2D eigenvalue weighted by atomic mass is 10.1. The largest absolute Gasteiger partial charge is 0.439 e. The molecule has 3 heterocycles. The summed E-state index contributed by atoms with van der Waals surface area (Å²) in [6.45, 7) is 2.56. The highest BCUT2D eigenvalue weighted by Crippen LogP contribution is 2.30. The maximum atomic E-state index is 12.5. The van der Waals surface area contributed by atoms with E-state index in [4.69, 9.17) is 20.4 Å². The highest BCUT2D eigenvalue weighted by molar-refractivity contribution is 6.04. The molecule has 172 valence electrons. The maximum Gasteiger partial charge on any atom is 0.255 e. The topological polar surface area (TPSA) is 158 Å². The average molecular weight is 466 g/mol. The number of ether oxygens (including phenoxy) is 1. The molecule has 2 aromatic carbocycles. The number of nitrogens with zero attached hydrogens (tertiary/aromatic N) is 6. The molecule has 5 rings (SSSR count). The average Bonchev–Trinajstić information content (AvgIpc) is 3.46. The van der Waals surface area contributed by atoms with Gasteiger partial charge in [0.05, 0.1) is 23.3 Å². The zero-order chi connectivity index (χ0) is 24.4. The molecule has 0 saturated heterocycles. The Hall–Kier alpha value is -5.24. The molecule has 0 aliphatic rings. The highest BCUT2D eigenvalue weighted by Gasteiger charge is 2.19. The van der Waals surface area contributed by atoms with Gasteiger partial charge in [0.15, 0.2) is 17.3 Å². The van der Waals surface area contributed by atoms with Crippen molar-refractivity contribution in [2.24, 2.45) is 0 Å². The number of carbonyl (C=O) groups excluding carboxylic acids is 1. The molecule has 0 spiro atoms. The molecule has 35 heavy (non-hydrogen) atoms. The van der Waals surface area contributed by atoms with Crippen molar-refractivity contribution < 1.29 is 14.2 Å². The Labute approximate surface area is 198 Å². The lowest BCUT2D eigenvalue weighted by Crippen LogP contribution is -2.11. The summed E-state index contributed by atoms with van der Waals surface area (Å²) in [6, 6.07) is 17.1. The van der Waals surface area contributed by atoms with Crippen LogP contribution < -0.4 is 15.8 Å². The number of aromatic nitrogens is 5. The number of anilines is 2.